The van der Waals surface area contributed by atoms with Crippen LogP contribution < -0.4 is 0 Å². The minimum absolute atomic E-state index is 0.320. The minimum atomic E-state index is 0.320. The van der Waals surface area contributed by atoms with Gasteiger partial charge < -0.3 is 4.42 Å². The van der Waals surface area contributed by atoms with Crippen LogP contribution in [0.3, 0.4) is 0 Å². The Bertz CT molecular complexity index is 663. The maximum Gasteiger partial charge on any atom is 0.127 e. The van der Waals surface area contributed by atoms with E-state index in [1.165, 1.54) is 20.6 Å². The van der Waals surface area contributed by atoms with Gasteiger partial charge in [-0.15, -0.1) is 23.5 Å². The van der Waals surface area contributed by atoms with Crippen molar-refractivity contribution in [1.29, 1.82) is 0 Å². The summed E-state index contributed by atoms with van der Waals surface area (Å²) in [6.07, 6.45) is 1.75. The van der Waals surface area contributed by atoms with Crippen LogP contribution in [0.5, 0.6) is 0 Å². The van der Waals surface area contributed by atoms with E-state index in [2.05, 4.69) is 42.5 Å². The first-order valence-electron chi connectivity index (χ1n) is 5.80. The molecule has 4 rings (SSSR count). The van der Waals surface area contributed by atoms with E-state index >= 15 is 0 Å². The monoisotopic (exact) mass is 270 g/mol. The highest BCUT2D eigenvalue weighted by molar-refractivity contribution is 8.17. The first-order valence-corrected chi connectivity index (χ1v) is 7.56. The molecule has 0 N–H and O–H groups in total. The highest BCUT2D eigenvalue weighted by atomic mass is 32.2. The number of hydrogen-bond acceptors (Lipinski definition) is 3. The molecule has 88 valence electrons. The van der Waals surface area contributed by atoms with Gasteiger partial charge in [-0.3, -0.25) is 0 Å². The largest absolute Gasteiger partial charge is 0.467 e. The molecule has 18 heavy (non-hydrogen) atoms. The van der Waals surface area contributed by atoms with E-state index in [0.717, 1.165) is 5.76 Å². The van der Waals surface area contributed by atoms with Gasteiger partial charge in [0.2, 0.25) is 0 Å². The number of rotatable bonds is 1. The number of hydrogen-bond donors (Lipinski definition) is 0. The molecule has 0 saturated carbocycles. The average molecular weight is 270 g/mol. The molecule has 3 aromatic rings. The normalized spacial score (nSPS) is 15.1. The molecule has 1 aliphatic rings. The third-order valence-corrected chi connectivity index (χ3v) is 5.73. The molecule has 1 aliphatic heterocycles. The van der Waals surface area contributed by atoms with Crippen molar-refractivity contribution in [3.05, 3.63) is 60.6 Å². The van der Waals surface area contributed by atoms with Crippen LogP contribution in [0.1, 0.15) is 10.3 Å². The summed E-state index contributed by atoms with van der Waals surface area (Å²) in [5.41, 5.74) is 0. The topological polar surface area (TPSA) is 13.1 Å². The van der Waals surface area contributed by atoms with Crippen LogP contribution in [0, 0.1) is 0 Å². The van der Waals surface area contributed by atoms with Crippen molar-refractivity contribution in [1.82, 2.24) is 0 Å². The number of furan rings is 1. The molecule has 3 heteroatoms. The zero-order valence-electron chi connectivity index (χ0n) is 9.50. The van der Waals surface area contributed by atoms with Gasteiger partial charge in [0.1, 0.15) is 10.3 Å². The molecule has 0 aliphatic carbocycles. The molecule has 1 nitrogen and oxygen atoms in total. The maximum atomic E-state index is 5.54. The Labute approximate surface area is 114 Å². The van der Waals surface area contributed by atoms with Crippen molar-refractivity contribution < 1.29 is 4.42 Å². The van der Waals surface area contributed by atoms with Gasteiger partial charge in [0, 0.05) is 15.2 Å². The van der Waals surface area contributed by atoms with Crippen molar-refractivity contribution in [3.63, 3.8) is 0 Å². The first-order chi connectivity index (χ1) is 8.92. The van der Waals surface area contributed by atoms with Gasteiger partial charge in [-0.2, -0.15) is 0 Å². The van der Waals surface area contributed by atoms with Crippen LogP contribution in [0.4, 0.5) is 0 Å². The van der Waals surface area contributed by atoms with E-state index in [9.17, 15) is 0 Å². The van der Waals surface area contributed by atoms with Crippen molar-refractivity contribution in [2.45, 2.75) is 14.4 Å². The lowest BCUT2D eigenvalue weighted by molar-refractivity contribution is 0.528. The molecular formula is C15H10OS2. The Morgan fingerprint density at radius 2 is 1.56 bits per heavy atom. The molecule has 0 unspecified atom stereocenters. The summed E-state index contributed by atoms with van der Waals surface area (Å²) in [6, 6.07) is 17.0. The average Bonchev–Trinajstić information content (AvgIpc) is 2.93. The zero-order chi connectivity index (χ0) is 11.9. The fourth-order valence-corrected chi connectivity index (χ4v) is 5.11. The summed E-state index contributed by atoms with van der Waals surface area (Å²) >= 11 is 3.75. The van der Waals surface area contributed by atoms with Gasteiger partial charge in [-0.1, -0.05) is 24.3 Å². The molecule has 0 radical (unpaired) electrons. The van der Waals surface area contributed by atoms with E-state index in [1.54, 1.807) is 6.26 Å². The van der Waals surface area contributed by atoms with Gasteiger partial charge >= 0.3 is 0 Å². The van der Waals surface area contributed by atoms with Gasteiger partial charge in [-0.05, 0) is 29.7 Å². The minimum Gasteiger partial charge on any atom is -0.467 e. The van der Waals surface area contributed by atoms with Gasteiger partial charge in [0.15, 0.2) is 0 Å². The molecule has 0 amide bonds. The highest BCUT2D eigenvalue weighted by Gasteiger charge is 2.24. The van der Waals surface area contributed by atoms with Crippen LogP contribution in [-0.4, -0.2) is 0 Å². The maximum absolute atomic E-state index is 5.54. The van der Waals surface area contributed by atoms with Crippen LogP contribution in [-0.2, 0) is 0 Å². The fraction of sp³-hybridized carbons (Fsp3) is 0.0667. The third-order valence-electron chi connectivity index (χ3n) is 3.07. The number of thioether (sulfide) groups is 2. The Balaban J connectivity index is 1.89. The summed E-state index contributed by atoms with van der Waals surface area (Å²) in [4.78, 5) is 2.70. The van der Waals surface area contributed by atoms with Crippen molar-refractivity contribution in [2.75, 3.05) is 0 Å². The second kappa shape index (κ2) is 4.11. The lowest BCUT2D eigenvalue weighted by atomic mass is 10.1. The predicted molar refractivity (Wildman–Crippen MR) is 77.1 cm³/mol. The van der Waals surface area contributed by atoms with Crippen molar-refractivity contribution in [2.24, 2.45) is 0 Å². The molecule has 0 saturated heterocycles. The molecule has 0 spiro atoms. The van der Waals surface area contributed by atoms with E-state index < -0.39 is 0 Å². The molecule has 0 bridgehead atoms. The SMILES string of the molecule is c1coc(C2Sc3cccc4cccc(c34)S2)c1. The quantitative estimate of drug-likeness (QED) is 0.593. The van der Waals surface area contributed by atoms with E-state index in [1.807, 2.05) is 29.6 Å². The van der Waals surface area contributed by atoms with E-state index in [0.29, 0.717) is 4.58 Å². The van der Waals surface area contributed by atoms with E-state index in [-0.39, 0.29) is 0 Å². The van der Waals surface area contributed by atoms with Crippen LogP contribution in [0.2, 0.25) is 0 Å². The predicted octanol–water partition coefficient (Wildman–Crippen LogP) is 5.33. The third kappa shape index (κ3) is 1.58. The summed E-state index contributed by atoms with van der Waals surface area (Å²) in [7, 11) is 0. The fourth-order valence-electron chi connectivity index (χ4n) is 2.27. The lowest BCUT2D eigenvalue weighted by Gasteiger charge is -2.22. The van der Waals surface area contributed by atoms with Crippen molar-refractivity contribution >= 4 is 34.3 Å². The molecular weight excluding hydrogens is 260 g/mol. The second-order valence-electron chi connectivity index (χ2n) is 4.19. The molecule has 0 fully saturated rings. The van der Waals surface area contributed by atoms with Gasteiger partial charge in [-0.25, -0.2) is 0 Å². The highest BCUT2D eigenvalue weighted by Crippen LogP contribution is 2.55. The van der Waals surface area contributed by atoms with Gasteiger partial charge in [0.05, 0.1) is 6.26 Å². The Morgan fingerprint density at radius 1 is 0.833 bits per heavy atom. The first kappa shape index (κ1) is 10.6. The lowest BCUT2D eigenvalue weighted by Crippen LogP contribution is -1.94. The molecule has 1 aromatic heterocycles. The standard InChI is InChI=1S/C15H10OS2/c1-4-10-5-2-8-13-14(10)12(7-1)17-15(18-13)11-6-3-9-16-11/h1-9,15H. The summed E-state index contributed by atoms with van der Waals surface area (Å²) in [5, 5.41) is 2.71. The summed E-state index contributed by atoms with van der Waals surface area (Å²) in [6.45, 7) is 0. The second-order valence-corrected chi connectivity index (χ2v) is 6.79. The Hall–Kier alpha value is -1.32. The molecule has 2 heterocycles. The van der Waals surface area contributed by atoms with Crippen molar-refractivity contribution in [3.8, 4) is 0 Å². The smallest absolute Gasteiger partial charge is 0.127 e. The molecule has 0 atom stereocenters. The van der Waals surface area contributed by atoms with E-state index in [4.69, 9.17) is 4.42 Å². The van der Waals surface area contributed by atoms with Crippen LogP contribution in [0.15, 0.2) is 69.0 Å². The van der Waals surface area contributed by atoms with Gasteiger partial charge in [0.25, 0.3) is 0 Å². The Kier molecular flexibility index (Phi) is 2.42. The summed E-state index contributed by atoms with van der Waals surface area (Å²) < 4.78 is 5.86. The number of benzene rings is 2. The van der Waals surface area contributed by atoms with Crippen LogP contribution >= 0.6 is 23.5 Å². The van der Waals surface area contributed by atoms with Crippen LogP contribution in [0.25, 0.3) is 10.8 Å². The molecule has 2 aromatic carbocycles. The summed E-state index contributed by atoms with van der Waals surface area (Å²) in [5.74, 6) is 1.04. The Morgan fingerprint density at radius 3 is 2.17 bits per heavy atom. The zero-order valence-corrected chi connectivity index (χ0v) is 11.1.